The van der Waals surface area contributed by atoms with Gasteiger partial charge in [-0.2, -0.15) is 0 Å². The monoisotopic (exact) mass is 346 g/mol. The van der Waals surface area contributed by atoms with Gasteiger partial charge in [0.25, 0.3) is 0 Å². The number of likely N-dealkylation sites (N-methyl/N-ethyl adjacent to an activating group) is 1. The van der Waals surface area contributed by atoms with Crippen LogP contribution in [0, 0.1) is 11.6 Å². The predicted octanol–water partition coefficient (Wildman–Crippen LogP) is 3.96. The number of benzene rings is 2. The molecule has 2 aliphatic heterocycles. The molecular formula is C19H20F2N2S. The first-order chi connectivity index (χ1) is 11.6. The van der Waals surface area contributed by atoms with Gasteiger partial charge in [-0.05, 0) is 37.2 Å². The van der Waals surface area contributed by atoms with Gasteiger partial charge in [0.15, 0.2) is 0 Å². The number of halogens is 2. The molecule has 0 spiro atoms. The molecule has 2 heterocycles. The Hall–Kier alpha value is -1.43. The molecule has 1 fully saturated rings. The second-order valence-electron chi connectivity index (χ2n) is 6.54. The maximum atomic E-state index is 14.7. The van der Waals surface area contributed by atoms with Gasteiger partial charge in [0.2, 0.25) is 0 Å². The molecule has 126 valence electrons. The van der Waals surface area contributed by atoms with Crippen LogP contribution in [0.3, 0.4) is 0 Å². The van der Waals surface area contributed by atoms with Crippen LogP contribution in [0.1, 0.15) is 17.2 Å². The van der Waals surface area contributed by atoms with E-state index in [1.165, 1.54) is 29.5 Å². The number of hydrogen-bond acceptors (Lipinski definition) is 3. The first-order valence-electron chi connectivity index (χ1n) is 8.30. The van der Waals surface area contributed by atoms with Gasteiger partial charge < -0.3 is 4.90 Å². The maximum Gasteiger partial charge on any atom is 0.137 e. The van der Waals surface area contributed by atoms with Crippen molar-refractivity contribution in [2.24, 2.45) is 0 Å². The van der Waals surface area contributed by atoms with E-state index in [-0.39, 0.29) is 17.7 Å². The zero-order valence-corrected chi connectivity index (χ0v) is 14.5. The molecule has 0 N–H and O–H groups in total. The minimum Gasteiger partial charge on any atom is -0.304 e. The number of fused-ring (bicyclic) bond motifs is 2. The minimum atomic E-state index is -0.327. The molecule has 0 aliphatic carbocycles. The Morgan fingerprint density at radius 3 is 2.46 bits per heavy atom. The summed E-state index contributed by atoms with van der Waals surface area (Å²) < 4.78 is 29.2. The van der Waals surface area contributed by atoms with Crippen LogP contribution in [0.5, 0.6) is 0 Å². The lowest BCUT2D eigenvalue weighted by Crippen LogP contribution is -2.46. The quantitative estimate of drug-likeness (QED) is 0.772. The molecule has 1 atom stereocenters. The van der Waals surface area contributed by atoms with E-state index in [9.17, 15) is 8.78 Å². The largest absolute Gasteiger partial charge is 0.304 e. The summed E-state index contributed by atoms with van der Waals surface area (Å²) in [6.07, 6.45) is 0.722. The fourth-order valence-corrected chi connectivity index (χ4v) is 4.76. The number of hydrogen-bond donors (Lipinski definition) is 0. The molecule has 24 heavy (non-hydrogen) atoms. The summed E-state index contributed by atoms with van der Waals surface area (Å²) in [5.74, 6) is -0.622. The lowest BCUT2D eigenvalue weighted by molar-refractivity contribution is 0.107. The molecule has 1 unspecified atom stereocenters. The molecule has 0 aromatic heterocycles. The minimum absolute atomic E-state index is 0.111. The lowest BCUT2D eigenvalue weighted by atomic mass is 9.96. The summed E-state index contributed by atoms with van der Waals surface area (Å²) in [7, 11) is 2.10. The van der Waals surface area contributed by atoms with Gasteiger partial charge in [-0.25, -0.2) is 8.78 Å². The second kappa shape index (κ2) is 6.47. The molecular weight excluding hydrogens is 326 g/mol. The standard InChI is InChI=1S/C19H20F2N2S/c1-22-8-10-23(11-9-22)16-12-13-4-2-3-5-17(13)24-19-15(21)7-6-14(20)18(16)19/h2-7,16H,8-12H2,1H3. The molecule has 0 saturated carbocycles. The van der Waals surface area contributed by atoms with Crippen molar-refractivity contribution < 1.29 is 8.78 Å². The summed E-state index contributed by atoms with van der Waals surface area (Å²) >= 11 is 1.36. The summed E-state index contributed by atoms with van der Waals surface area (Å²) in [4.78, 5) is 6.06. The molecule has 2 aliphatic rings. The van der Waals surface area contributed by atoms with Crippen LogP contribution >= 0.6 is 11.8 Å². The second-order valence-corrected chi connectivity index (χ2v) is 7.59. The highest BCUT2D eigenvalue weighted by Gasteiger charge is 2.32. The SMILES string of the molecule is CN1CCN(C2Cc3ccccc3Sc3c(F)ccc(F)c32)CC1. The summed E-state index contributed by atoms with van der Waals surface area (Å²) in [5, 5.41) is 0. The van der Waals surface area contributed by atoms with Crippen molar-refractivity contribution in [1.29, 1.82) is 0 Å². The molecule has 0 amide bonds. The van der Waals surface area contributed by atoms with Crippen molar-refractivity contribution in [2.75, 3.05) is 33.2 Å². The van der Waals surface area contributed by atoms with E-state index in [1.807, 2.05) is 18.2 Å². The van der Waals surface area contributed by atoms with Crippen LogP contribution in [0.15, 0.2) is 46.2 Å². The third kappa shape index (κ3) is 2.85. The van der Waals surface area contributed by atoms with Crippen molar-refractivity contribution in [3.8, 4) is 0 Å². The average Bonchev–Trinajstić information content (AvgIpc) is 2.77. The first-order valence-corrected chi connectivity index (χ1v) is 9.11. The third-order valence-corrected chi connectivity index (χ3v) is 6.24. The summed E-state index contributed by atoms with van der Waals surface area (Å²) in [6.45, 7) is 3.67. The molecule has 0 radical (unpaired) electrons. The Morgan fingerprint density at radius 2 is 1.67 bits per heavy atom. The Labute approximate surface area is 145 Å². The molecule has 2 aromatic carbocycles. The average molecular weight is 346 g/mol. The van der Waals surface area contributed by atoms with Crippen LogP contribution in [0.25, 0.3) is 0 Å². The summed E-state index contributed by atoms with van der Waals surface area (Å²) in [6, 6.07) is 10.4. The van der Waals surface area contributed by atoms with Crippen LogP contribution in [-0.4, -0.2) is 43.0 Å². The molecule has 2 aromatic rings. The Morgan fingerprint density at radius 1 is 0.958 bits per heavy atom. The Kier molecular flexibility index (Phi) is 4.33. The fourth-order valence-electron chi connectivity index (χ4n) is 3.60. The number of nitrogens with zero attached hydrogens (tertiary/aromatic N) is 2. The highest BCUT2D eigenvalue weighted by molar-refractivity contribution is 7.99. The normalized spacial score (nSPS) is 21.9. The van der Waals surface area contributed by atoms with Gasteiger partial charge in [0.05, 0.1) is 4.90 Å². The van der Waals surface area contributed by atoms with Gasteiger partial charge in [-0.1, -0.05) is 30.0 Å². The van der Waals surface area contributed by atoms with Crippen LogP contribution in [-0.2, 0) is 6.42 Å². The van der Waals surface area contributed by atoms with Crippen molar-refractivity contribution in [1.82, 2.24) is 9.80 Å². The van der Waals surface area contributed by atoms with Gasteiger partial charge in [-0.3, -0.25) is 4.90 Å². The topological polar surface area (TPSA) is 6.48 Å². The first kappa shape index (κ1) is 16.1. The van der Waals surface area contributed by atoms with Crippen LogP contribution in [0.2, 0.25) is 0 Å². The van der Waals surface area contributed by atoms with Gasteiger partial charge in [-0.15, -0.1) is 0 Å². The van der Waals surface area contributed by atoms with E-state index in [1.54, 1.807) is 0 Å². The van der Waals surface area contributed by atoms with Crippen molar-refractivity contribution in [3.05, 3.63) is 59.2 Å². The predicted molar refractivity (Wildman–Crippen MR) is 92.4 cm³/mol. The molecule has 0 bridgehead atoms. The van der Waals surface area contributed by atoms with E-state index in [4.69, 9.17) is 0 Å². The smallest absolute Gasteiger partial charge is 0.137 e. The Balaban J connectivity index is 1.82. The van der Waals surface area contributed by atoms with Crippen molar-refractivity contribution >= 4 is 11.8 Å². The van der Waals surface area contributed by atoms with Gasteiger partial charge in [0.1, 0.15) is 11.6 Å². The van der Waals surface area contributed by atoms with Crippen LogP contribution < -0.4 is 0 Å². The van der Waals surface area contributed by atoms with E-state index in [2.05, 4.69) is 22.9 Å². The van der Waals surface area contributed by atoms with Crippen LogP contribution in [0.4, 0.5) is 8.78 Å². The molecule has 1 saturated heterocycles. The third-order valence-electron chi connectivity index (χ3n) is 5.00. The maximum absolute atomic E-state index is 14.7. The highest BCUT2D eigenvalue weighted by Crippen LogP contribution is 2.45. The van der Waals surface area contributed by atoms with Crippen molar-refractivity contribution in [2.45, 2.75) is 22.3 Å². The lowest BCUT2D eigenvalue weighted by Gasteiger charge is -2.38. The number of piperazine rings is 1. The van der Waals surface area contributed by atoms with Crippen molar-refractivity contribution in [3.63, 3.8) is 0 Å². The highest BCUT2D eigenvalue weighted by atomic mass is 32.2. The fraction of sp³-hybridized carbons (Fsp3) is 0.368. The van der Waals surface area contributed by atoms with Gasteiger partial charge in [0, 0.05) is 42.7 Å². The Bertz CT molecular complexity index is 757. The van der Waals surface area contributed by atoms with E-state index in [0.29, 0.717) is 10.5 Å². The van der Waals surface area contributed by atoms with E-state index >= 15 is 0 Å². The zero-order valence-electron chi connectivity index (χ0n) is 13.6. The van der Waals surface area contributed by atoms with E-state index < -0.39 is 0 Å². The van der Waals surface area contributed by atoms with E-state index in [0.717, 1.165) is 37.5 Å². The molecule has 4 rings (SSSR count). The summed E-state index contributed by atoms with van der Waals surface area (Å²) in [5.41, 5.74) is 1.70. The number of rotatable bonds is 1. The molecule has 5 heteroatoms. The zero-order chi connectivity index (χ0) is 16.7. The molecule has 2 nitrogen and oxygen atoms in total. The van der Waals surface area contributed by atoms with Gasteiger partial charge >= 0.3 is 0 Å².